The summed E-state index contributed by atoms with van der Waals surface area (Å²) in [6.45, 7) is 2.56. The summed E-state index contributed by atoms with van der Waals surface area (Å²) in [5.74, 6) is -0.781. The first-order chi connectivity index (χ1) is 6.68. The first-order valence-corrected chi connectivity index (χ1v) is 4.64. The first-order valence-electron chi connectivity index (χ1n) is 4.64. The molecule has 0 fully saturated rings. The van der Waals surface area contributed by atoms with E-state index in [-0.39, 0.29) is 5.82 Å². The molecular formula is C9H13N3O2. The summed E-state index contributed by atoms with van der Waals surface area (Å²) < 4.78 is 1.80. The Hall–Kier alpha value is -1.36. The number of rotatable bonds is 1. The van der Waals surface area contributed by atoms with E-state index in [1.54, 1.807) is 10.8 Å². The molecule has 1 N–H and O–H groups in total. The van der Waals surface area contributed by atoms with E-state index in [1.807, 2.05) is 7.05 Å². The average molecular weight is 195 g/mol. The molecule has 5 nitrogen and oxygen atoms in total. The number of hydrogen-bond donors (Lipinski definition) is 1. The van der Waals surface area contributed by atoms with Crippen molar-refractivity contribution in [3.05, 3.63) is 17.7 Å². The van der Waals surface area contributed by atoms with E-state index in [9.17, 15) is 4.79 Å². The third-order valence-corrected chi connectivity index (χ3v) is 2.58. The second kappa shape index (κ2) is 3.42. The van der Waals surface area contributed by atoms with E-state index >= 15 is 0 Å². The number of carboxylic acids is 1. The average Bonchev–Trinajstić information content (AvgIpc) is 2.46. The van der Waals surface area contributed by atoms with Crippen LogP contribution in [-0.4, -0.2) is 45.7 Å². The summed E-state index contributed by atoms with van der Waals surface area (Å²) >= 11 is 0. The summed E-state index contributed by atoms with van der Waals surface area (Å²) in [6, 6.07) is 0. The molecule has 2 rings (SSSR count). The third-order valence-electron chi connectivity index (χ3n) is 2.58. The van der Waals surface area contributed by atoms with Gasteiger partial charge in [-0.2, -0.15) is 0 Å². The van der Waals surface area contributed by atoms with Gasteiger partial charge >= 0.3 is 5.97 Å². The highest BCUT2D eigenvalue weighted by Crippen LogP contribution is 2.10. The van der Waals surface area contributed by atoms with Gasteiger partial charge in [0.15, 0.2) is 0 Å². The van der Waals surface area contributed by atoms with Crippen molar-refractivity contribution >= 4 is 5.97 Å². The lowest BCUT2D eigenvalue weighted by Crippen LogP contribution is -2.22. The second-order valence-electron chi connectivity index (χ2n) is 3.58. The van der Waals surface area contributed by atoms with Crippen LogP contribution in [0.1, 0.15) is 16.3 Å². The van der Waals surface area contributed by atoms with Crippen molar-refractivity contribution < 1.29 is 9.90 Å². The molecule has 0 saturated heterocycles. The molecule has 76 valence electrons. The highest BCUT2D eigenvalue weighted by Gasteiger charge is 2.18. The number of hydrogen-bond acceptors (Lipinski definition) is 3. The van der Waals surface area contributed by atoms with Crippen molar-refractivity contribution in [1.29, 1.82) is 0 Å². The van der Waals surface area contributed by atoms with Gasteiger partial charge < -0.3 is 14.6 Å². The van der Waals surface area contributed by atoms with Crippen LogP contribution >= 0.6 is 0 Å². The summed E-state index contributed by atoms with van der Waals surface area (Å²) in [4.78, 5) is 16.9. The third kappa shape index (κ3) is 1.50. The number of likely N-dealkylation sites (N-methyl/N-ethyl adjacent to an activating group) is 1. The van der Waals surface area contributed by atoms with Gasteiger partial charge in [0, 0.05) is 37.9 Å². The van der Waals surface area contributed by atoms with Crippen LogP contribution in [0.2, 0.25) is 0 Å². The number of imidazole rings is 1. The quantitative estimate of drug-likeness (QED) is 0.689. The fraction of sp³-hybridized carbons (Fsp3) is 0.556. The van der Waals surface area contributed by atoms with Crippen LogP contribution in [-0.2, 0) is 13.0 Å². The fourth-order valence-electron chi connectivity index (χ4n) is 1.72. The zero-order valence-electron chi connectivity index (χ0n) is 8.10. The van der Waals surface area contributed by atoms with Crippen LogP contribution in [0.25, 0.3) is 0 Å². The van der Waals surface area contributed by atoms with Gasteiger partial charge in [-0.3, -0.25) is 0 Å². The van der Waals surface area contributed by atoms with E-state index < -0.39 is 5.97 Å². The van der Waals surface area contributed by atoms with Crippen molar-refractivity contribution in [3.63, 3.8) is 0 Å². The highest BCUT2D eigenvalue weighted by molar-refractivity contribution is 5.83. The molecule has 0 radical (unpaired) electrons. The van der Waals surface area contributed by atoms with Gasteiger partial charge in [0.1, 0.15) is 0 Å². The predicted molar refractivity (Wildman–Crippen MR) is 50.4 cm³/mol. The Morgan fingerprint density at radius 3 is 3.00 bits per heavy atom. The van der Waals surface area contributed by atoms with Crippen LogP contribution in [0.3, 0.4) is 0 Å². The van der Waals surface area contributed by atoms with Crippen molar-refractivity contribution in [2.45, 2.75) is 13.0 Å². The molecule has 0 saturated carbocycles. The zero-order valence-corrected chi connectivity index (χ0v) is 8.10. The Balaban J connectivity index is 2.33. The van der Waals surface area contributed by atoms with Gasteiger partial charge in [-0.25, -0.2) is 9.78 Å². The van der Waals surface area contributed by atoms with Crippen LogP contribution in [0.4, 0.5) is 0 Å². The van der Waals surface area contributed by atoms with Gasteiger partial charge in [-0.15, -0.1) is 0 Å². The predicted octanol–water partition coefficient (Wildman–Crippen LogP) is 0.0692. The molecule has 0 aromatic carbocycles. The molecule has 14 heavy (non-hydrogen) atoms. The van der Waals surface area contributed by atoms with E-state index in [4.69, 9.17) is 5.11 Å². The maximum atomic E-state index is 10.8. The standard InChI is InChI=1S/C9H13N3O2/c1-11-3-2-7-6-10-8(9(13)14)12(7)5-4-11/h6H,2-5H2,1H3,(H,13,14). The number of aromatic nitrogens is 2. The molecule has 1 aliphatic heterocycles. The lowest BCUT2D eigenvalue weighted by Gasteiger charge is -2.11. The van der Waals surface area contributed by atoms with Gasteiger partial charge in [0.25, 0.3) is 0 Å². The van der Waals surface area contributed by atoms with E-state index in [1.165, 1.54) is 0 Å². The molecule has 0 bridgehead atoms. The Labute approximate surface area is 82.0 Å². The van der Waals surface area contributed by atoms with E-state index in [0.29, 0.717) is 6.54 Å². The molecule has 0 unspecified atom stereocenters. The van der Waals surface area contributed by atoms with Crippen molar-refractivity contribution in [2.24, 2.45) is 0 Å². The molecular weight excluding hydrogens is 182 g/mol. The fourth-order valence-corrected chi connectivity index (χ4v) is 1.72. The number of carbonyl (C=O) groups is 1. The zero-order chi connectivity index (χ0) is 10.1. The second-order valence-corrected chi connectivity index (χ2v) is 3.58. The Morgan fingerprint density at radius 1 is 1.50 bits per heavy atom. The van der Waals surface area contributed by atoms with E-state index in [2.05, 4.69) is 9.88 Å². The molecule has 5 heteroatoms. The minimum Gasteiger partial charge on any atom is -0.475 e. The Kier molecular flexibility index (Phi) is 2.25. The van der Waals surface area contributed by atoms with Crippen molar-refractivity contribution in [1.82, 2.24) is 14.5 Å². The molecule has 1 aliphatic rings. The number of carboxylic acid groups (broad SMARTS) is 1. The van der Waals surface area contributed by atoms with Gasteiger partial charge in [0.05, 0.1) is 0 Å². The maximum absolute atomic E-state index is 10.8. The molecule has 1 aromatic rings. The lowest BCUT2D eigenvalue weighted by atomic mass is 10.3. The molecule has 0 amide bonds. The van der Waals surface area contributed by atoms with Crippen molar-refractivity contribution in [3.8, 4) is 0 Å². The monoisotopic (exact) mass is 195 g/mol. The van der Waals surface area contributed by atoms with Crippen LogP contribution < -0.4 is 0 Å². The highest BCUT2D eigenvalue weighted by atomic mass is 16.4. The molecule has 0 atom stereocenters. The van der Waals surface area contributed by atoms with Crippen molar-refractivity contribution in [2.75, 3.05) is 20.1 Å². The first kappa shape index (κ1) is 9.21. The topological polar surface area (TPSA) is 58.4 Å². The smallest absolute Gasteiger partial charge is 0.372 e. The van der Waals surface area contributed by atoms with Crippen LogP contribution in [0, 0.1) is 0 Å². The summed E-state index contributed by atoms with van der Waals surface area (Å²) in [6.07, 6.45) is 2.54. The Bertz CT molecular complexity index is 359. The van der Waals surface area contributed by atoms with Crippen LogP contribution in [0.5, 0.6) is 0 Å². The normalized spacial score (nSPS) is 17.5. The SMILES string of the molecule is CN1CCc2cnc(C(=O)O)n2CC1. The summed E-state index contributed by atoms with van der Waals surface area (Å²) in [5.41, 5.74) is 1.02. The van der Waals surface area contributed by atoms with Gasteiger partial charge in [-0.1, -0.05) is 0 Å². The molecule has 2 heterocycles. The summed E-state index contributed by atoms with van der Waals surface area (Å²) in [7, 11) is 2.04. The molecule has 0 spiro atoms. The molecule has 0 aliphatic carbocycles. The number of fused-ring (bicyclic) bond motifs is 1. The van der Waals surface area contributed by atoms with Crippen LogP contribution in [0.15, 0.2) is 6.20 Å². The Morgan fingerprint density at radius 2 is 2.29 bits per heavy atom. The van der Waals surface area contributed by atoms with Gasteiger partial charge in [-0.05, 0) is 7.05 Å². The molecule has 1 aromatic heterocycles. The van der Waals surface area contributed by atoms with Gasteiger partial charge in [0.2, 0.25) is 5.82 Å². The number of aromatic carboxylic acids is 1. The summed E-state index contributed by atoms with van der Waals surface area (Å²) in [5, 5.41) is 8.89. The maximum Gasteiger partial charge on any atom is 0.372 e. The minimum absolute atomic E-state index is 0.162. The number of nitrogens with zero attached hydrogens (tertiary/aromatic N) is 3. The lowest BCUT2D eigenvalue weighted by molar-refractivity contribution is 0.0677. The largest absolute Gasteiger partial charge is 0.475 e. The van der Waals surface area contributed by atoms with E-state index in [0.717, 1.165) is 25.2 Å². The minimum atomic E-state index is -0.944.